The third-order valence-corrected chi connectivity index (χ3v) is 5.74. The number of thiophene rings is 1. The van der Waals surface area contributed by atoms with Crippen LogP contribution >= 0.6 is 22.7 Å². The minimum atomic E-state index is -0.843. The highest BCUT2D eigenvalue weighted by Crippen LogP contribution is 2.26. The summed E-state index contributed by atoms with van der Waals surface area (Å²) in [5, 5.41) is 18.9. The summed E-state index contributed by atoms with van der Waals surface area (Å²) in [6.07, 6.45) is 0. The van der Waals surface area contributed by atoms with Gasteiger partial charge in [-0.3, -0.25) is 0 Å². The molecule has 1 aromatic carbocycles. The number of hydrogen-bond donors (Lipinski definition) is 2. The molecule has 0 amide bonds. The van der Waals surface area contributed by atoms with Gasteiger partial charge >= 0.3 is 0 Å². The Morgan fingerprint density at radius 1 is 1.17 bits per heavy atom. The van der Waals surface area contributed by atoms with Crippen LogP contribution < -0.4 is 5.32 Å². The molecule has 23 heavy (non-hydrogen) atoms. The lowest BCUT2D eigenvalue weighted by Gasteiger charge is -2.22. The van der Waals surface area contributed by atoms with E-state index in [-0.39, 0.29) is 0 Å². The van der Waals surface area contributed by atoms with Gasteiger partial charge in [0.1, 0.15) is 10.6 Å². The number of aromatic nitrogens is 1. The second kappa shape index (κ2) is 6.93. The van der Waals surface area contributed by atoms with Crippen molar-refractivity contribution in [1.82, 2.24) is 10.3 Å². The Hall–Kier alpha value is -1.53. The van der Waals surface area contributed by atoms with Crippen LogP contribution in [0, 0.1) is 6.92 Å². The van der Waals surface area contributed by atoms with Crippen LogP contribution in [0.25, 0.3) is 10.6 Å². The molecule has 0 bridgehead atoms. The maximum atomic E-state index is 10.5. The van der Waals surface area contributed by atoms with E-state index >= 15 is 0 Å². The van der Waals surface area contributed by atoms with Gasteiger partial charge in [-0.05, 0) is 25.3 Å². The predicted octanol–water partition coefficient (Wildman–Crippen LogP) is 4.18. The number of thiazole rings is 1. The van der Waals surface area contributed by atoms with Crippen molar-refractivity contribution in [3.05, 3.63) is 63.3 Å². The Morgan fingerprint density at radius 3 is 2.65 bits per heavy atom. The molecule has 0 spiro atoms. The summed E-state index contributed by atoms with van der Waals surface area (Å²) in [6.45, 7) is 5.08. The number of nitrogens with zero attached hydrogens (tertiary/aromatic N) is 1. The number of nitrogens with one attached hydrogen (secondary N) is 1. The number of hydrogen-bond acceptors (Lipinski definition) is 5. The zero-order valence-corrected chi connectivity index (χ0v) is 14.9. The molecule has 0 aliphatic carbocycles. The molecule has 0 fully saturated rings. The van der Waals surface area contributed by atoms with Gasteiger partial charge in [-0.2, -0.15) is 0 Å². The number of aliphatic hydroxyl groups is 1. The molecule has 2 aromatic heterocycles. The van der Waals surface area contributed by atoms with Gasteiger partial charge < -0.3 is 10.4 Å². The normalized spacial score (nSPS) is 13.9. The van der Waals surface area contributed by atoms with Gasteiger partial charge in [0.15, 0.2) is 0 Å². The van der Waals surface area contributed by atoms with Gasteiger partial charge in [-0.15, -0.1) is 22.7 Å². The Balaban J connectivity index is 1.58. The lowest BCUT2D eigenvalue weighted by Crippen LogP contribution is -2.34. The number of aryl methyl sites for hydroxylation is 1. The fourth-order valence-corrected chi connectivity index (χ4v) is 3.94. The van der Waals surface area contributed by atoms with Crippen LogP contribution in [0.3, 0.4) is 0 Å². The minimum absolute atomic E-state index is 0.505. The van der Waals surface area contributed by atoms with Gasteiger partial charge in [0, 0.05) is 28.9 Å². The van der Waals surface area contributed by atoms with Crippen molar-refractivity contribution in [2.75, 3.05) is 6.54 Å². The molecular weight excluding hydrogens is 324 g/mol. The van der Waals surface area contributed by atoms with E-state index in [1.165, 1.54) is 5.56 Å². The summed E-state index contributed by atoms with van der Waals surface area (Å²) in [6, 6.07) is 12.3. The van der Waals surface area contributed by atoms with Gasteiger partial charge in [0.2, 0.25) is 0 Å². The van der Waals surface area contributed by atoms with Crippen molar-refractivity contribution in [2.45, 2.75) is 26.0 Å². The van der Waals surface area contributed by atoms with E-state index in [1.807, 2.05) is 24.4 Å². The second-order valence-corrected chi connectivity index (χ2v) is 7.67. The monoisotopic (exact) mass is 344 g/mol. The molecule has 3 aromatic rings. The highest BCUT2D eigenvalue weighted by molar-refractivity contribution is 7.13. The average Bonchev–Trinajstić information content (AvgIpc) is 3.19. The fourth-order valence-electron chi connectivity index (χ4n) is 2.32. The fraction of sp³-hybridized carbons (Fsp3) is 0.278. The largest absolute Gasteiger partial charge is 0.383 e. The smallest absolute Gasteiger partial charge is 0.123 e. The first-order valence-corrected chi connectivity index (χ1v) is 9.29. The first-order valence-electron chi connectivity index (χ1n) is 7.53. The topological polar surface area (TPSA) is 45.2 Å². The van der Waals surface area contributed by atoms with Crippen LogP contribution in [0.15, 0.2) is 47.2 Å². The highest BCUT2D eigenvalue weighted by Gasteiger charge is 2.23. The molecule has 0 aliphatic heterocycles. The van der Waals surface area contributed by atoms with Crippen molar-refractivity contribution in [1.29, 1.82) is 0 Å². The molecule has 2 N–H and O–H groups in total. The third kappa shape index (κ3) is 4.06. The van der Waals surface area contributed by atoms with Gasteiger partial charge in [-0.1, -0.05) is 35.9 Å². The zero-order chi connectivity index (χ0) is 16.3. The van der Waals surface area contributed by atoms with E-state index in [0.29, 0.717) is 13.1 Å². The summed E-state index contributed by atoms with van der Waals surface area (Å²) >= 11 is 3.23. The number of rotatable bonds is 6. The molecule has 1 atom stereocenters. The Kier molecular flexibility index (Phi) is 4.92. The lowest BCUT2D eigenvalue weighted by molar-refractivity contribution is 0.0604. The van der Waals surface area contributed by atoms with Crippen LogP contribution in [-0.2, 0) is 12.1 Å². The molecule has 3 nitrogen and oxygen atoms in total. The van der Waals surface area contributed by atoms with Crippen molar-refractivity contribution in [3.63, 3.8) is 0 Å². The average molecular weight is 345 g/mol. The quantitative estimate of drug-likeness (QED) is 0.705. The Morgan fingerprint density at radius 2 is 1.96 bits per heavy atom. The molecule has 120 valence electrons. The van der Waals surface area contributed by atoms with E-state index in [0.717, 1.165) is 21.1 Å². The summed E-state index contributed by atoms with van der Waals surface area (Å²) in [4.78, 5) is 5.65. The van der Waals surface area contributed by atoms with Crippen LogP contribution in [0.4, 0.5) is 0 Å². The molecule has 2 heterocycles. The van der Waals surface area contributed by atoms with Crippen molar-refractivity contribution >= 4 is 22.7 Å². The van der Waals surface area contributed by atoms with Gasteiger partial charge in [0.05, 0.1) is 5.69 Å². The minimum Gasteiger partial charge on any atom is -0.383 e. The van der Waals surface area contributed by atoms with E-state index in [4.69, 9.17) is 0 Å². The Bertz CT molecular complexity index is 746. The molecule has 0 radical (unpaired) electrons. The van der Waals surface area contributed by atoms with Gasteiger partial charge in [0.25, 0.3) is 0 Å². The predicted molar refractivity (Wildman–Crippen MR) is 97.9 cm³/mol. The van der Waals surface area contributed by atoms with Crippen molar-refractivity contribution in [2.24, 2.45) is 0 Å². The summed E-state index contributed by atoms with van der Waals surface area (Å²) in [7, 11) is 0. The maximum absolute atomic E-state index is 10.5. The SMILES string of the molecule is Cc1ccc(-c2nc(CNCC(C)(O)c3cccs3)cs2)cc1. The van der Waals surface area contributed by atoms with E-state index < -0.39 is 5.60 Å². The van der Waals surface area contributed by atoms with Crippen molar-refractivity contribution < 1.29 is 5.11 Å². The van der Waals surface area contributed by atoms with Crippen LogP contribution in [0.2, 0.25) is 0 Å². The zero-order valence-electron chi connectivity index (χ0n) is 13.2. The van der Waals surface area contributed by atoms with Gasteiger partial charge in [-0.25, -0.2) is 4.98 Å². The van der Waals surface area contributed by atoms with Crippen molar-refractivity contribution in [3.8, 4) is 10.6 Å². The summed E-state index contributed by atoms with van der Waals surface area (Å²) in [5.74, 6) is 0. The van der Waals surface area contributed by atoms with Crippen LogP contribution in [0.1, 0.15) is 23.1 Å². The highest BCUT2D eigenvalue weighted by atomic mass is 32.1. The standard InChI is InChI=1S/C18H20N2OS2/c1-13-5-7-14(8-6-13)17-20-15(11-23-17)10-19-12-18(2,21)16-4-3-9-22-16/h3-9,11,19,21H,10,12H2,1-2H3. The molecule has 0 saturated carbocycles. The molecule has 5 heteroatoms. The molecule has 0 saturated heterocycles. The van der Waals surface area contributed by atoms with E-state index in [2.05, 4.69) is 46.9 Å². The van der Waals surface area contributed by atoms with Crippen LogP contribution in [-0.4, -0.2) is 16.6 Å². The lowest BCUT2D eigenvalue weighted by atomic mass is 10.1. The molecule has 1 unspecified atom stereocenters. The summed E-state index contributed by atoms with van der Waals surface area (Å²) in [5.41, 5.74) is 2.57. The first kappa shape index (κ1) is 16.3. The molecule has 0 aliphatic rings. The van der Waals surface area contributed by atoms with E-state index in [1.54, 1.807) is 22.7 Å². The third-order valence-electron chi connectivity index (χ3n) is 3.68. The molecular formula is C18H20N2OS2. The first-order chi connectivity index (χ1) is 11.0. The number of benzene rings is 1. The van der Waals surface area contributed by atoms with E-state index in [9.17, 15) is 5.11 Å². The molecule has 3 rings (SSSR count). The van der Waals surface area contributed by atoms with Crippen LogP contribution in [0.5, 0.6) is 0 Å². The maximum Gasteiger partial charge on any atom is 0.123 e. The summed E-state index contributed by atoms with van der Waals surface area (Å²) < 4.78 is 0. The Labute approximate surface area is 144 Å². The second-order valence-electron chi connectivity index (χ2n) is 5.86.